The average molecular weight is 240 g/mol. The zero-order valence-corrected chi connectivity index (χ0v) is 9.49. The standard InChI is InChI=1S/C10H12N2O3S/c1-2-3-10(13)12-16(14,15)9-6-4-8(11)5-7-9/h2-7H,11H2,1H3,(H,12,13). The quantitative estimate of drug-likeness (QED) is 0.599. The molecule has 0 aliphatic heterocycles. The van der Waals surface area contributed by atoms with Crippen LogP contribution in [0.25, 0.3) is 0 Å². The number of nitrogen functional groups attached to an aromatic ring is 1. The maximum absolute atomic E-state index is 11.6. The Bertz CT molecular complexity index is 503. The van der Waals surface area contributed by atoms with Crippen molar-refractivity contribution < 1.29 is 13.2 Å². The van der Waals surface area contributed by atoms with Crippen LogP contribution >= 0.6 is 0 Å². The summed E-state index contributed by atoms with van der Waals surface area (Å²) in [5, 5.41) is 0. The third-order valence-corrected chi connectivity index (χ3v) is 3.11. The predicted octanol–water partition coefficient (Wildman–Crippen LogP) is 0.650. The fraction of sp³-hybridized carbons (Fsp3) is 0.100. The van der Waals surface area contributed by atoms with Crippen LogP contribution < -0.4 is 10.5 Å². The van der Waals surface area contributed by atoms with Gasteiger partial charge in [-0.2, -0.15) is 0 Å². The molecule has 16 heavy (non-hydrogen) atoms. The van der Waals surface area contributed by atoms with Crippen molar-refractivity contribution in [1.82, 2.24) is 4.72 Å². The van der Waals surface area contributed by atoms with Gasteiger partial charge in [0.05, 0.1) is 4.90 Å². The zero-order valence-electron chi connectivity index (χ0n) is 8.67. The summed E-state index contributed by atoms with van der Waals surface area (Å²) >= 11 is 0. The van der Waals surface area contributed by atoms with Crippen LogP contribution in [0.2, 0.25) is 0 Å². The molecule has 0 saturated heterocycles. The van der Waals surface area contributed by atoms with Gasteiger partial charge >= 0.3 is 0 Å². The molecule has 5 nitrogen and oxygen atoms in total. The molecule has 0 bridgehead atoms. The Morgan fingerprint density at radius 3 is 2.38 bits per heavy atom. The number of nitrogens with one attached hydrogen (secondary N) is 1. The first-order valence-corrected chi connectivity index (χ1v) is 5.99. The first kappa shape index (κ1) is 12.3. The van der Waals surface area contributed by atoms with Gasteiger partial charge in [0.25, 0.3) is 15.9 Å². The molecule has 0 unspecified atom stereocenters. The highest BCUT2D eigenvalue weighted by molar-refractivity contribution is 7.90. The highest BCUT2D eigenvalue weighted by Gasteiger charge is 2.15. The molecule has 0 radical (unpaired) electrons. The monoisotopic (exact) mass is 240 g/mol. The molecule has 1 amide bonds. The number of hydrogen-bond donors (Lipinski definition) is 2. The van der Waals surface area contributed by atoms with E-state index in [2.05, 4.69) is 0 Å². The normalized spacial score (nSPS) is 11.6. The van der Waals surface area contributed by atoms with Crippen molar-refractivity contribution in [2.45, 2.75) is 11.8 Å². The highest BCUT2D eigenvalue weighted by atomic mass is 32.2. The molecular weight excluding hydrogens is 228 g/mol. The summed E-state index contributed by atoms with van der Waals surface area (Å²) < 4.78 is 25.1. The Morgan fingerprint density at radius 2 is 1.88 bits per heavy atom. The Morgan fingerprint density at radius 1 is 1.31 bits per heavy atom. The molecule has 0 aliphatic rings. The minimum atomic E-state index is -3.80. The number of anilines is 1. The average Bonchev–Trinajstić information content (AvgIpc) is 2.17. The molecule has 1 aromatic carbocycles. The van der Waals surface area contributed by atoms with Gasteiger partial charge < -0.3 is 5.73 Å². The number of benzene rings is 1. The van der Waals surface area contributed by atoms with Crippen LogP contribution in [0.1, 0.15) is 6.92 Å². The second kappa shape index (κ2) is 4.80. The molecule has 0 aromatic heterocycles. The number of carbonyl (C=O) groups excluding carboxylic acids is 1. The largest absolute Gasteiger partial charge is 0.399 e. The molecule has 1 rings (SSSR count). The van der Waals surface area contributed by atoms with Crippen molar-refractivity contribution in [1.29, 1.82) is 0 Å². The van der Waals surface area contributed by atoms with Gasteiger partial charge in [-0.1, -0.05) is 6.08 Å². The number of nitrogens with two attached hydrogens (primary N) is 1. The molecule has 0 fully saturated rings. The van der Waals surface area contributed by atoms with Gasteiger partial charge in [0, 0.05) is 5.69 Å². The summed E-state index contributed by atoms with van der Waals surface area (Å²) in [6.07, 6.45) is 2.59. The van der Waals surface area contributed by atoms with Crippen LogP contribution in [0.15, 0.2) is 41.3 Å². The lowest BCUT2D eigenvalue weighted by Crippen LogP contribution is -2.28. The first-order valence-electron chi connectivity index (χ1n) is 4.51. The van der Waals surface area contributed by atoms with Gasteiger partial charge in [0.1, 0.15) is 0 Å². The van der Waals surface area contributed by atoms with Gasteiger partial charge in [-0.25, -0.2) is 13.1 Å². The summed E-state index contributed by atoms with van der Waals surface area (Å²) in [5.74, 6) is -0.681. The van der Waals surface area contributed by atoms with E-state index in [0.717, 1.165) is 6.08 Å². The van der Waals surface area contributed by atoms with Crippen molar-refractivity contribution >= 4 is 21.6 Å². The molecule has 0 heterocycles. The van der Waals surface area contributed by atoms with Crippen LogP contribution in [-0.2, 0) is 14.8 Å². The Kier molecular flexibility index (Phi) is 3.68. The van der Waals surface area contributed by atoms with Crippen LogP contribution in [0, 0.1) is 0 Å². The van der Waals surface area contributed by atoms with Gasteiger partial charge in [0.2, 0.25) is 0 Å². The summed E-state index contributed by atoms with van der Waals surface area (Å²) in [6, 6.07) is 5.57. The van der Waals surface area contributed by atoms with E-state index in [0.29, 0.717) is 5.69 Å². The molecule has 0 spiro atoms. The predicted molar refractivity (Wildman–Crippen MR) is 61.0 cm³/mol. The number of rotatable bonds is 3. The minimum absolute atomic E-state index is 0.000414. The summed E-state index contributed by atoms with van der Waals surface area (Å²) in [4.78, 5) is 11.1. The number of carbonyl (C=O) groups is 1. The van der Waals surface area contributed by atoms with E-state index in [4.69, 9.17) is 5.73 Å². The Labute approximate surface area is 94.0 Å². The Hall–Kier alpha value is -1.82. The number of allylic oxidation sites excluding steroid dienone is 1. The highest BCUT2D eigenvalue weighted by Crippen LogP contribution is 2.11. The van der Waals surface area contributed by atoms with Gasteiger partial charge in [-0.15, -0.1) is 0 Å². The number of sulfonamides is 1. The fourth-order valence-corrected chi connectivity index (χ4v) is 1.97. The first-order chi connectivity index (χ1) is 7.45. The van der Waals surface area contributed by atoms with Gasteiger partial charge in [-0.3, -0.25) is 4.79 Å². The van der Waals surface area contributed by atoms with Crippen LogP contribution in [-0.4, -0.2) is 14.3 Å². The summed E-state index contributed by atoms with van der Waals surface area (Å²) in [7, 11) is -3.80. The molecule has 6 heteroatoms. The fourth-order valence-electron chi connectivity index (χ4n) is 1.02. The van der Waals surface area contributed by atoms with Gasteiger partial charge in [0.15, 0.2) is 0 Å². The lowest BCUT2D eigenvalue weighted by atomic mass is 10.3. The van der Waals surface area contributed by atoms with Crippen molar-refractivity contribution in [3.8, 4) is 0 Å². The minimum Gasteiger partial charge on any atom is -0.399 e. The third-order valence-electron chi connectivity index (χ3n) is 1.74. The number of amides is 1. The van der Waals surface area contributed by atoms with E-state index in [1.54, 1.807) is 6.92 Å². The topological polar surface area (TPSA) is 89.3 Å². The van der Waals surface area contributed by atoms with Crippen LogP contribution in [0.4, 0.5) is 5.69 Å². The van der Waals surface area contributed by atoms with Gasteiger partial charge in [-0.05, 0) is 37.3 Å². The van der Waals surface area contributed by atoms with E-state index < -0.39 is 15.9 Å². The SMILES string of the molecule is CC=CC(=O)NS(=O)(=O)c1ccc(N)cc1. The number of hydrogen-bond acceptors (Lipinski definition) is 4. The van der Waals surface area contributed by atoms with E-state index in [9.17, 15) is 13.2 Å². The van der Waals surface area contributed by atoms with E-state index in [1.165, 1.54) is 30.3 Å². The smallest absolute Gasteiger partial charge is 0.264 e. The van der Waals surface area contributed by atoms with Crippen LogP contribution in [0.3, 0.4) is 0 Å². The summed E-state index contributed by atoms with van der Waals surface area (Å²) in [5.41, 5.74) is 5.88. The lowest BCUT2D eigenvalue weighted by Gasteiger charge is -2.04. The maximum Gasteiger partial charge on any atom is 0.264 e. The van der Waals surface area contributed by atoms with E-state index >= 15 is 0 Å². The van der Waals surface area contributed by atoms with Crippen molar-refractivity contribution in [3.05, 3.63) is 36.4 Å². The zero-order chi connectivity index (χ0) is 12.2. The second-order valence-electron chi connectivity index (χ2n) is 3.04. The third kappa shape index (κ3) is 3.09. The lowest BCUT2D eigenvalue weighted by molar-refractivity contribution is -0.114. The van der Waals surface area contributed by atoms with E-state index in [-0.39, 0.29) is 4.90 Å². The summed E-state index contributed by atoms with van der Waals surface area (Å²) in [6.45, 7) is 1.62. The van der Waals surface area contributed by atoms with Crippen LogP contribution in [0.5, 0.6) is 0 Å². The molecule has 0 saturated carbocycles. The maximum atomic E-state index is 11.6. The van der Waals surface area contributed by atoms with Crippen molar-refractivity contribution in [3.63, 3.8) is 0 Å². The molecule has 86 valence electrons. The van der Waals surface area contributed by atoms with Crippen molar-refractivity contribution in [2.75, 3.05) is 5.73 Å². The molecular formula is C10H12N2O3S. The Balaban J connectivity index is 2.94. The van der Waals surface area contributed by atoms with Crippen molar-refractivity contribution in [2.24, 2.45) is 0 Å². The van der Waals surface area contributed by atoms with E-state index in [1.807, 2.05) is 4.72 Å². The molecule has 1 aromatic rings. The molecule has 0 atom stereocenters. The molecule has 3 N–H and O–H groups in total. The second-order valence-corrected chi connectivity index (χ2v) is 4.72. The molecule has 0 aliphatic carbocycles.